The average Bonchev–Trinajstić information content (AvgIpc) is 2.70. The van der Waals surface area contributed by atoms with E-state index in [9.17, 15) is 18.0 Å². The highest BCUT2D eigenvalue weighted by atomic mass is 32.2. The minimum Gasteiger partial charge on any atom is -0.334 e. The number of hydrogen-bond acceptors (Lipinski definition) is 5. The van der Waals surface area contributed by atoms with Gasteiger partial charge in [0.2, 0.25) is 5.91 Å². The summed E-state index contributed by atoms with van der Waals surface area (Å²) in [5.41, 5.74) is 0. The van der Waals surface area contributed by atoms with Gasteiger partial charge in [0.25, 0.3) is 0 Å². The molecule has 2 fully saturated rings. The molecule has 9 heteroatoms. The van der Waals surface area contributed by atoms with Crippen molar-refractivity contribution in [3.8, 4) is 0 Å². The fourth-order valence-electron chi connectivity index (χ4n) is 3.12. The molecular formula is C13H24N4O4S. The Kier molecular flexibility index (Phi) is 4.67. The lowest BCUT2D eigenvalue weighted by molar-refractivity contribution is -0.136. The van der Waals surface area contributed by atoms with Crippen LogP contribution in [0.15, 0.2) is 0 Å². The molecule has 0 aromatic rings. The Morgan fingerprint density at radius 1 is 1.00 bits per heavy atom. The highest BCUT2D eigenvalue weighted by molar-refractivity contribution is 7.91. The molecule has 126 valence electrons. The number of carbonyl (C=O) groups is 2. The van der Waals surface area contributed by atoms with Gasteiger partial charge >= 0.3 is 6.03 Å². The number of nitrogens with zero attached hydrogens (tertiary/aromatic N) is 4. The van der Waals surface area contributed by atoms with Crippen molar-refractivity contribution in [2.45, 2.75) is 12.1 Å². The molecule has 0 bridgehead atoms. The van der Waals surface area contributed by atoms with Crippen LogP contribution in [0.5, 0.6) is 0 Å². The van der Waals surface area contributed by atoms with Gasteiger partial charge in [-0.1, -0.05) is 0 Å². The molecule has 2 aliphatic rings. The quantitative estimate of drug-likeness (QED) is 0.617. The van der Waals surface area contributed by atoms with Crippen molar-refractivity contribution in [3.05, 3.63) is 0 Å². The number of sulfone groups is 1. The molecule has 0 aliphatic carbocycles. The lowest BCUT2D eigenvalue weighted by atomic mass is 10.0. The van der Waals surface area contributed by atoms with Gasteiger partial charge in [-0.25, -0.2) is 13.2 Å². The summed E-state index contributed by atoms with van der Waals surface area (Å²) in [5.74, 6) is -0.217. The zero-order chi connectivity index (χ0) is 16.7. The Morgan fingerprint density at radius 2 is 1.50 bits per heavy atom. The highest BCUT2D eigenvalue weighted by Crippen LogP contribution is 2.27. The smallest absolute Gasteiger partial charge is 0.319 e. The molecule has 8 nitrogen and oxygen atoms in total. The first-order valence-corrected chi connectivity index (χ1v) is 9.07. The lowest BCUT2D eigenvalue weighted by Crippen LogP contribution is -2.64. The molecule has 0 saturated carbocycles. The first-order valence-electron chi connectivity index (χ1n) is 7.25. The average molecular weight is 332 g/mol. The number of hydrogen-bond donors (Lipinski definition) is 0. The van der Waals surface area contributed by atoms with Gasteiger partial charge in [0, 0.05) is 27.2 Å². The summed E-state index contributed by atoms with van der Waals surface area (Å²) in [6, 6.07) is -1.08. The molecule has 2 aliphatic heterocycles. The van der Waals surface area contributed by atoms with Crippen molar-refractivity contribution in [2.75, 3.05) is 59.3 Å². The Balaban J connectivity index is 2.24. The molecule has 22 heavy (non-hydrogen) atoms. The molecule has 2 atom stereocenters. The standard InChI is InChI=1S/C13H24N4O4S/c1-14(2)7-12(18)16-5-6-17(13(19)15(3)4)11-9-22(20,21)8-10(11)16/h10-11H,5-9H2,1-4H3/t10-,11+/m0/s1. The second kappa shape index (κ2) is 6.04. The Morgan fingerprint density at radius 3 is 2.00 bits per heavy atom. The molecular weight excluding hydrogens is 308 g/mol. The van der Waals surface area contributed by atoms with Crippen LogP contribution < -0.4 is 0 Å². The molecule has 0 aromatic carbocycles. The molecule has 0 radical (unpaired) electrons. The third-order valence-corrected chi connectivity index (χ3v) is 5.77. The Labute approximate surface area is 131 Å². The van der Waals surface area contributed by atoms with E-state index in [2.05, 4.69) is 0 Å². The molecule has 2 heterocycles. The van der Waals surface area contributed by atoms with Gasteiger partial charge in [-0.2, -0.15) is 0 Å². The van der Waals surface area contributed by atoms with Crippen molar-refractivity contribution in [1.29, 1.82) is 0 Å². The van der Waals surface area contributed by atoms with Crippen molar-refractivity contribution >= 4 is 21.8 Å². The van der Waals surface area contributed by atoms with E-state index < -0.39 is 21.9 Å². The summed E-state index contributed by atoms with van der Waals surface area (Å²) >= 11 is 0. The van der Waals surface area contributed by atoms with E-state index >= 15 is 0 Å². The first kappa shape index (κ1) is 17.0. The minimum absolute atomic E-state index is 0.0615. The fraction of sp³-hybridized carbons (Fsp3) is 0.846. The summed E-state index contributed by atoms with van der Waals surface area (Å²) < 4.78 is 24.1. The summed E-state index contributed by atoms with van der Waals surface area (Å²) in [7, 11) is 3.65. The summed E-state index contributed by atoms with van der Waals surface area (Å²) in [4.78, 5) is 31.0. The van der Waals surface area contributed by atoms with Crippen LogP contribution in [-0.2, 0) is 14.6 Å². The van der Waals surface area contributed by atoms with E-state index in [-0.39, 0.29) is 30.0 Å². The number of rotatable bonds is 2. The lowest BCUT2D eigenvalue weighted by Gasteiger charge is -2.44. The number of urea groups is 1. The summed E-state index contributed by atoms with van der Waals surface area (Å²) in [5, 5.41) is 0. The maximum Gasteiger partial charge on any atom is 0.319 e. The third kappa shape index (κ3) is 3.35. The minimum atomic E-state index is -3.24. The van der Waals surface area contributed by atoms with E-state index in [1.807, 2.05) is 0 Å². The molecule has 0 aromatic heterocycles. The molecule has 0 unspecified atom stereocenters. The molecule has 3 amide bonds. The predicted octanol–water partition coefficient (Wildman–Crippen LogP) is -1.46. The maximum absolute atomic E-state index is 12.3. The summed E-state index contributed by atoms with van der Waals surface area (Å²) in [6.07, 6.45) is 0. The van der Waals surface area contributed by atoms with Gasteiger partial charge in [-0.3, -0.25) is 4.79 Å². The van der Waals surface area contributed by atoms with E-state index in [1.54, 1.807) is 42.9 Å². The van der Waals surface area contributed by atoms with E-state index in [0.717, 1.165) is 0 Å². The van der Waals surface area contributed by atoms with Crippen LogP contribution in [0.3, 0.4) is 0 Å². The number of amides is 3. The van der Waals surface area contributed by atoms with Crippen LogP contribution in [0.4, 0.5) is 4.79 Å². The molecule has 2 rings (SSSR count). The van der Waals surface area contributed by atoms with Gasteiger partial charge in [0.1, 0.15) is 0 Å². The van der Waals surface area contributed by atoms with Crippen LogP contribution >= 0.6 is 0 Å². The van der Waals surface area contributed by atoms with Crippen LogP contribution in [-0.4, -0.2) is 111 Å². The fourth-order valence-corrected chi connectivity index (χ4v) is 5.10. The van der Waals surface area contributed by atoms with Gasteiger partial charge < -0.3 is 19.6 Å². The number of fused-ring (bicyclic) bond motifs is 1. The Hall–Kier alpha value is -1.35. The second-order valence-electron chi connectivity index (χ2n) is 6.41. The largest absolute Gasteiger partial charge is 0.334 e. The molecule has 0 N–H and O–H groups in total. The van der Waals surface area contributed by atoms with E-state index in [1.165, 1.54) is 4.90 Å². The number of likely N-dealkylation sites (N-methyl/N-ethyl adjacent to an activating group) is 1. The van der Waals surface area contributed by atoms with Crippen molar-refractivity contribution in [1.82, 2.24) is 19.6 Å². The van der Waals surface area contributed by atoms with E-state index in [0.29, 0.717) is 13.1 Å². The first-order chi connectivity index (χ1) is 10.1. The third-order valence-electron chi connectivity index (χ3n) is 4.08. The van der Waals surface area contributed by atoms with Crippen LogP contribution in [0.1, 0.15) is 0 Å². The van der Waals surface area contributed by atoms with Gasteiger partial charge in [-0.05, 0) is 14.1 Å². The predicted molar refractivity (Wildman–Crippen MR) is 82.3 cm³/mol. The maximum atomic E-state index is 12.3. The normalized spacial score (nSPS) is 27.0. The highest BCUT2D eigenvalue weighted by Gasteiger charge is 2.49. The van der Waals surface area contributed by atoms with Gasteiger partial charge in [-0.15, -0.1) is 0 Å². The van der Waals surface area contributed by atoms with Gasteiger partial charge in [0.15, 0.2) is 9.84 Å². The Bertz CT molecular complexity index is 560. The summed E-state index contributed by atoms with van der Waals surface area (Å²) in [6.45, 7) is 0.987. The monoisotopic (exact) mass is 332 g/mol. The molecule has 2 saturated heterocycles. The van der Waals surface area contributed by atoms with Crippen LogP contribution in [0, 0.1) is 0 Å². The van der Waals surface area contributed by atoms with Crippen LogP contribution in [0.2, 0.25) is 0 Å². The van der Waals surface area contributed by atoms with Gasteiger partial charge in [0.05, 0.1) is 30.1 Å². The van der Waals surface area contributed by atoms with Crippen molar-refractivity contribution in [2.24, 2.45) is 0 Å². The zero-order valence-electron chi connectivity index (χ0n) is 13.5. The zero-order valence-corrected chi connectivity index (χ0v) is 14.3. The van der Waals surface area contributed by atoms with E-state index in [4.69, 9.17) is 0 Å². The topological polar surface area (TPSA) is 81.2 Å². The second-order valence-corrected chi connectivity index (χ2v) is 8.56. The number of carbonyl (C=O) groups excluding carboxylic acids is 2. The SMILES string of the molecule is CN(C)CC(=O)N1CCN(C(=O)N(C)C)[C@@H]2CS(=O)(=O)C[C@@H]21. The van der Waals surface area contributed by atoms with Crippen molar-refractivity contribution in [3.63, 3.8) is 0 Å². The van der Waals surface area contributed by atoms with Crippen molar-refractivity contribution < 1.29 is 18.0 Å². The number of piperazine rings is 1. The molecule has 0 spiro atoms. The van der Waals surface area contributed by atoms with Crippen LogP contribution in [0.25, 0.3) is 0 Å².